The molecule has 0 saturated carbocycles. The van der Waals surface area contributed by atoms with Gasteiger partial charge in [0.05, 0.1) is 22.4 Å². The topological polar surface area (TPSA) is 182 Å². The van der Waals surface area contributed by atoms with E-state index in [9.17, 15) is 46.1 Å². The Hall–Kier alpha value is -5.45. The number of nitrogens with zero attached hydrogens (tertiary/aromatic N) is 4. The van der Waals surface area contributed by atoms with Gasteiger partial charge in [0.1, 0.15) is 11.6 Å². The zero-order chi connectivity index (χ0) is 32.7. The predicted octanol–water partition coefficient (Wildman–Crippen LogP) is 4.81. The summed E-state index contributed by atoms with van der Waals surface area (Å²) in [5.41, 5.74) is -1.48. The lowest BCUT2D eigenvalue weighted by atomic mass is 10.0. The summed E-state index contributed by atoms with van der Waals surface area (Å²) in [6.07, 6.45) is -6.33. The number of carboxylic acid groups (broad SMARTS) is 1. The number of carbonyl (C=O) groups is 1. The fourth-order valence-electron chi connectivity index (χ4n) is 4.58. The molecule has 2 aromatic heterocycles. The van der Waals surface area contributed by atoms with Crippen LogP contribution in [-0.4, -0.2) is 63.1 Å². The van der Waals surface area contributed by atoms with E-state index in [2.05, 4.69) is 25.5 Å². The number of H-pyrrole nitrogens is 1. The van der Waals surface area contributed by atoms with Crippen LogP contribution in [-0.2, 0) is 23.0 Å². The van der Waals surface area contributed by atoms with Crippen molar-refractivity contribution in [2.75, 3.05) is 16.7 Å². The second kappa shape index (κ2) is 11.6. The van der Waals surface area contributed by atoms with Gasteiger partial charge in [0.25, 0.3) is 10.0 Å². The van der Waals surface area contributed by atoms with Gasteiger partial charge in [-0.3, -0.25) is 9.40 Å². The molecule has 0 saturated heterocycles. The number of benzene rings is 3. The molecular formula is C28H22F4N6O6S. The number of aromatic nitrogens is 4. The van der Waals surface area contributed by atoms with Gasteiger partial charge in [-0.05, 0) is 53.6 Å². The van der Waals surface area contributed by atoms with Crippen molar-refractivity contribution in [1.29, 1.82) is 0 Å². The number of phenolic OH excluding ortho intramolecular Hbond substituents is 2. The molecule has 0 radical (unpaired) electrons. The number of carboxylic acids is 1. The Morgan fingerprint density at radius 2 is 1.73 bits per heavy atom. The van der Waals surface area contributed by atoms with Gasteiger partial charge in [0.2, 0.25) is 0 Å². The first kappa shape index (κ1) is 31.0. The molecule has 0 aliphatic rings. The van der Waals surface area contributed by atoms with Crippen LogP contribution in [0.4, 0.5) is 29.1 Å². The van der Waals surface area contributed by atoms with Crippen LogP contribution in [0.3, 0.4) is 0 Å². The van der Waals surface area contributed by atoms with E-state index >= 15 is 0 Å². The van der Waals surface area contributed by atoms with E-state index in [4.69, 9.17) is 0 Å². The minimum Gasteiger partial charge on any atom is -0.508 e. The quantitative estimate of drug-likeness (QED) is 0.139. The van der Waals surface area contributed by atoms with Crippen molar-refractivity contribution in [3.63, 3.8) is 0 Å². The van der Waals surface area contributed by atoms with Gasteiger partial charge in [-0.1, -0.05) is 18.2 Å². The van der Waals surface area contributed by atoms with Gasteiger partial charge in [0, 0.05) is 19.2 Å². The highest BCUT2D eigenvalue weighted by Gasteiger charge is 2.31. The van der Waals surface area contributed by atoms with E-state index in [1.807, 2.05) is 0 Å². The second-order valence-electron chi connectivity index (χ2n) is 9.70. The first-order chi connectivity index (χ1) is 21.2. The van der Waals surface area contributed by atoms with Crippen LogP contribution in [0, 0.1) is 5.82 Å². The molecule has 0 bridgehead atoms. The fraction of sp³-hybridized carbons (Fsp3) is 0.143. The zero-order valence-electron chi connectivity index (χ0n) is 23.0. The average Bonchev–Trinajstić information content (AvgIpc) is 3.42. The Morgan fingerprint density at radius 1 is 1.02 bits per heavy atom. The number of aromatic carboxylic acids is 1. The van der Waals surface area contributed by atoms with Gasteiger partial charge in [-0.25, -0.2) is 27.6 Å². The lowest BCUT2D eigenvalue weighted by molar-refractivity contribution is -0.127. The molecule has 0 unspecified atom stereocenters. The summed E-state index contributed by atoms with van der Waals surface area (Å²) in [7, 11) is -2.78. The molecule has 45 heavy (non-hydrogen) atoms. The van der Waals surface area contributed by atoms with Crippen molar-refractivity contribution in [2.24, 2.45) is 0 Å². The normalized spacial score (nSPS) is 11.9. The molecule has 0 fully saturated rings. The molecular weight excluding hydrogens is 624 g/mol. The molecule has 0 spiro atoms. The summed E-state index contributed by atoms with van der Waals surface area (Å²) < 4.78 is 82.0. The largest absolute Gasteiger partial charge is 0.508 e. The van der Waals surface area contributed by atoms with Crippen LogP contribution in [0.1, 0.15) is 21.6 Å². The number of aromatic amines is 1. The van der Waals surface area contributed by atoms with Gasteiger partial charge < -0.3 is 20.6 Å². The Kier molecular flexibility index (Phi) is 7.97. The Balaban J connectivity index is 1.61. The SMILES string of the molecule is CN(c1ccc(O)cc1CNc1nc(-c2cc(F)c(O)cc2CC(F)(F)F)nc2n[nH]c(C(=O)O)c12)S(=O)(=O)c1ccccc1. The smallest absolute Gasteiger partial charge is 0.393 e. The molecule has 17 heteroatoms. The highest BCUT2D eigenvalue weighted by Crippen LogP contribution is 2.35. The number of fused-ring (bicyclic) bond motifs is 1. The summed E-state index contributed by atoms with van der Waals surface area (Å²) in [5.74, 6) is -4.75. The van der Waals surface area contributed by atoms with Gasteiger partial charge in [0.15, 0.2) is 28.7 Å². The maximum Gasteiger partial charge on any atom is 0.393 e. The van der Waals surface area contributed by atoms with Crippen molar-refractivity contribution in [2.45, 2.75) is 24.0 Å². The van der Waals surface area contributed by atoms with Crippen LogP contribution in [0.15, 0.2) is 65.6 Å². The number of sulfonamides is 1. The van der Waals surface area contributed by atoms with E-state index in [1.54, 1.807) is 18.2 Å². The van der Waals surface area contributed by atoms with Crippen molar-refractivity contribution < 1.29 is 46.1 Å². The third-order valence-electron chi connectivity index (χ3n) is 6.68. The zero-order valence-corrected chi connectivity index (χ0v) is 23.8. The minimum absolute atomic E-state index is 0.0121. The van der Waals surface area contributed by atoms with E-state index < -0.39 is 62.8 Å². The highest BCUT2D eigenvalue weighted by atomic mass is 32.2. The van der Waals surface area contributed by atoms with E-state index in [0.29, 0.717) is 12.1 Å². The van der Waals surface area contributed by atoms with E-state index in [-0.39, 0.29) is 45.3 Å². The number of nitrogens with one attached hydrogen (secondary N) is 2. The molecule has 5 aromatic rings. The molecule has 2 heterocycles. The van der Waals surface area contributed by atoms with Crippen molar-refractivity contribution in [3.05, 3.63) is 83.3 Å². The number of hydrogen-bond acceptors (Lipinski definition) is 9. The molecule has 0 aliphatic carbocycles. The van der Waals surface area contributed by atoms with E-state index in [0.717, 1.165) is 4.31 Å². The Bertz CT molecular complexity index is 2040. The molecule has 0 atom stereocenters. The summed E-state index contributed by atoms with van der Waals surface area (Å²) in [6, 6.07) is 12.6. The molecule has 12 nitrogen and oxygen atoms in total. The van der Waals surface area contributed by atoms with Crippen molar-refractivity contribution in [1.82, 2.24) is 20.2 Å². The molecule has 3 aromatic carbocycles. The summed E-state index contributed by atoms with van der Waals surface area (Å²) in [5, 5.41) is 38.4. The monoisotopic (exact) mass is 646 g/mol. The predicted molar refractivity (Wildman–Crippen MR) is 153 cm³/mol. The number of anilines is 2. The number of alkyl halides is 3. The number of phenols is 2. The molecule has 0 amide bonds. The number of halogens is 4. The van der Waals surface area contributed by atoms with Gasteiger partial charge >= 0.3 is 12.1 Å². The van der Waals surface area contributed by atoms with Crippen LogP contribution >= 0.6 is 0 Å². The third-order valence-corrected chi connectivity index (χ3v) is 8.47. The lowest BCUT2D eigenvalue weighted by Gasteiger charge is -2.23. The third kappa shape index (κ3) is 6.28. The highest BCUT2D eigenvalue weighted by molar-refractivity contribution is 7.92. The molecule has 0 aliphatic heterocycles. The Labute approximate surface area is 251 Å². The maximum absolute atomic E-state index is 14.4. The standard InChI is InChI=1S/C28H22F4N6O6S/c1-38(45(43,44)17-5-3-2-4-6-17)20-8-7-16(39)9-15(20)13-33-25-22-23(27(41)42)36-37-26(22)35-24(34-25)18-11-19(29)21(40)10-14(18)12-28(30,31)32/h2-11,39-40H,12-13H2,1H3,(H,41,42)(H2,33,34,35,36,37). The lowest BCUT2D eigenvalue weighted by Crippen LogP contribution is -2.27. The molecule has 234 valence electrons. The summed E-state index contributed by atoms with van der Waals surface area (Å²) in [6.45, 7) is -0.298. The van der Waals surface area contributed by atoms with Gasteiger partial charge in [-0.2, -0.15) is 18.3 Å². The van der Waals surface area contributed by atoms with Crippen LogP contribution in [0.5, 0.6) is 11.5 Å². The van der Waals surface area contributed by atoms with Crippen molar-refractivity contribution >= 4 is 38.5 Å². The minimum atomic E-state index is -4.76. The van der Waals surface area contributed by atoms with Crippen LogP contribution in [0.2, 0.25) is 0 Å². The van der Waals surface area contributed by atoms with Crippen LogP contribution in [0.25, 0.3) is 22.4 Å². The van der Waals surface area contributed by atoms with E-state index in [1.165, 1.54) is 37.4 Å². The Morgan fingerprint density at radius 3 is 2.40 bits per heavy atom. The first-order valence-electron chi connectivity index (χ1n) is 12.8. The fourth-order valence-corrected chi connectivity index (χ4v) is 5.84. The number of rotatable bonds is 9. The number of hydrogen-bond donors (Lipinski definition) is 5. The molecule has 5 rings (SSSR count). The first-order valence-corrected chi connectivity index (χ1v) is 14.3. The second-order valence-corrected chi connectivity index (χ2v) is 11.7. The number of aromatic hydroxyl groups is 2. The maximum atomic E-state index is 14.4. The van der Waals surface area contributed by atoms with Crippen LogP contribution < -0.4 is 9.62 Å². The van der Waals surface area contributed by atoms with Crippen molar-refractivity contribution in [3.8, 4) is 22.9 Å². The molecule has 5 N–H and O–H groups in total. The summed E-state index contributed by atoms with van der Waals surface area (Å²) in [4.78, 5) is 20.2. The average molecular weight is 647 g/mol. The summed E-state index contributed by atoms with van der Waals surface area (Å²) >= 11 is 0. The van der Waals surface area contributed by atoms with Gasteiger partial charge in [-0.15, -0.1) is 0 Å².